The van der Waals surface area contributed by atoms with E-state index >= 15 is 0 Å². The molecule has 7 nitrogen and oxygen atoms in total. The summed E-state index contributed by atoms with van der Waals surface area (Å²) in [7, 11) is -0.822. The number of hydrogen-bond donors (Lipinski definition) is 1. The number of nitrogens with zero attached hydrogens (tertiary/aromatic N) is 2. The van der Waals surface area contributed by atoms with Crippen molar-refractivity contribution in [1.29, 1.82) is 0 Å². The van der Waals surface area contributed by atoms with Gasteiger partial charge < -0.3 is 9.88 Å². The molecule has 1 rings (SSSR count). The van der Waals surface area contributed by atoms with E-state index in [-0.39, 0.29) is 23.4 Å². The molecule has 0 spiro atoms. The van der Waals surface area contributed by atoms with Gasteiger partial charge in [0.05, 0.1) is 4.90 Å². The van der Waals surface area contributed by atoms with Gasteiger partial charge in [-0.05, 0) is 19.4 Å². The number of carbonyl (C=O) groups excluding carboxylic acids is 1. The molecule has 8 heteroatoms. The van der Waals surface area contributed by atoms with Crippen LogP contribution in [0.15, 0.2) is 28.0 Å². The van der Waals surface area contributed by atoms with Crippen LogP contribution in [0.3, 0.4) is 0 Å². The maximum Gasteiger partial charge on any atom is 0.251 e. The summed E-state index contributed by atoms with van der Waals surface area (Å²) in [6.07, 6.45) is 6.63. The van der Waals surface area contributed by atoms with Gasteiger partial charge in [-0.15, -0.1) is 0 Å². The molecule has 0 aliphatic heterocycles. The average Bonchev–Trinajstić information content (AvgIpc) is 2.53. The summed E-state index contributed by atoms with van der Waals surface area (Å²) in [5, 5.41) is 2.85. The van der Waals surface area contributed by atoms with Crippen molar-refractivity contribution in [2.45, 2.75) is 63.4 Å². The number of rotatable bonds is 10. The molecular weight excluding hydrogens is 342 g/mol. The Morgan fingerprint density at radius 1 is 1.24 bits per heavy atom. The number of unbranched alkanes of at least 4 members (excludes halogenated alkanes) is 3. The Hall–Kier alpha value is -1.67. The van der Waals surface area contributed by atoms with Gasteiger partial charge in [-0.2, -0.15) is 0 Å². The lowest BCUT2D eigenvalue weighted by Crippen LogP contribution is -2.37. The van der Waals surface area contributed by atoms with Crippen LogP contribution < -0.4 is 10.9 Å². The molecule has 0 unspecified atom stereocenters. The van der Waals surface area contributed by atoms with Gasteiger partial charge in [-0.25, -0.2) is 12.7 Å². The highest BCUT2D eigenvalue weighted by molar-refractivity contribution is 7.89. The van der Waals surface area contributed by atoms with E-state index < -0.39 is 15.6 Å². The van der Waals surface area contributed by atoms with Gasteiger partial charge >= 0.3 is 0 Å². The van der Waals surface area contributed by atoms with E-state index in [9.17, 15) is 18.0 Å². The quantitative estimate of drug-likeness (QED) is 0.632. The van der Waals surface area contributed by atoms with E-state index in [0.29, 0.717) is 0 Å². The van der Waals surface area contributed by atoms with Crippen molar-refractivity contribution in [1.82, 2.24) is 14.2 Å². The van der Waals surface area contributed by atoms with Crippen molar-refractivity contribution < 1.29 is 13.2 Å². The lowest BCUT2D eigenvalue weighted by Gasteiger charge is -2.15. The van der Waals surface area contributed by atoms with Crippen LogP contribution in [-0.4, -0.2) is 43.3 Å². The fourth-order valence-corrected chi connectivity index (χ4v) is 3.34. The van der Waals surface area contributed by atoms with E-state index in [2.05, 4.69) is 12.2 Å². The molecule has 0 aliphatic carbocycles. The number of nitrogens with one attached hydrogen (secondary N) is 1. The van der Waals surface area contributed by atoms with Crippen LogP contribution in [0.1, 0.15) is 46.0 Å². The van der Waals surface area contributed by atoms with Crippen LogP contribution in [0.2, 0.25) is 0 Å². The summed E-state index contributed by atoms with van der Waals surface area (Å²) in [5.41, 5.74) is -0.413. The van der Waals surface area contributed by atoms with Crippen LogP contribution in [0.5, 0.6) is 0 Å². The Morgan fingerprint density at radius 2 is 1.92 bits per heavy atom. The van der Waals surface area contributed by atoms with Crippen LogP contribution in [0, 0.1) is 0 Å². The molecule has 1 heterocycles. The highest BCUT2D eigenvalue weighted by atomic mass is 32.2. The van der Waals surface area contributed by atoms with Crippen molar-refractivity contribution in [3.8, 4) is 0 Å². The summed E-state index contributed by atoms with van der Waals surface area (Å²) in [6.45, 7) is 3.88. The molecule has 1 amide bonds. The molecule has 1 aromatic heterocycles. The molecule has 0 aliphatic rings. The minimum Gasteiger partial charge on any atom is -0.352 e. The Labute approximate surface area is 150 Å². The van der Waals surface area contributed by atoms with E-state index in [4.69, 9.17) is 0 Å². The summed E-state index contributed by atoms with van der Waals surface area (Å²) in [5.74, 6) is -0.301. The summed E-state index contributed by atoms with van der Waals surface area (Å²) in [4.78, 5) is 24.0. The highest BCUT2D eigenvalue weighted by Crippen LogP contribution is 2.10. The molecule has 0 saturated carbocycles. The zero-order chi connectivity index (χ0) is 19.0. The molecule has 0 fully saturated rings. The Balaban J connectivity index is 2.73. The standard InChI is InChI=1S/C17H29N3O4S/c1-5-6-7-8-9-14(2)18-16(21)13-20-12-15(10-11-17(20)22)25(23,24)19(3)4/h10-12,14H,5-9,13H2,1-4H3,(H,18,21)/t14-/m1/s1. The van der Waals surface area contributed by atoms with Gasteiger partial charge in [-0.3, -0.25) is 9.59 Å². The van der Waals surface area contributed by atoms with Crippen LogP contribution in [0.25, 0.3) is 0 Å². The Bertz CT molecular complexity index is 726. The van der Waals surface area contributed by atoms with Gasteiger partial charge in [0.15, 0.2) is 0 Å². The number of amides is 1. The normalized spacial score (nSPS) is 13.0. The second kappa shape index (κ2) is 9.72. The van der Waals surface area contributed by atoms with Gasteiger partial charge in [-0.1, -0.05) is 32.6 Å². The third kappa shape index (κ3) is 6.62. The maximum absolute atomic E-state index is 12.1. The lowest BCUT2D eigenvalue weighted by atomic mass is 10.1. The minimum atomic E-state index is -3.65. The zero-order valence-corrected chi connectivity index (χ0v) is 16.3. The fourth-order valence-electron chi connectivity index (χ4n) is 2.42. The number of sulfonamides is 1. The summed E-state index contributed by atoms with van der Waals surface area (Å²) in [6, 6.07) is 2.44. The number of hydrogen-bond acceptors (Lipinski definition) is 4. The molecule has 25 heavy (non-hydrogen) atoms. The first-order valence-corrected chi connectivity index (χ1v) is 10.0. The zero-order valence-electron chi connectivity index (χ0n) is 15.5. The first kappa shape index (κ1) is 21.4. The smallest absolute Gasteiger partial charge is 0.251 e. The molecule has 0 bridgehead atoms. The molecule has 1 aromatic rings. The third-order valence-electron chi connectivity index (χ3n) is 3.95. The van der Waals surface area contributed by atoms with Crippen molar-refractivity contribution >= 4 is 15.9 Å². The topological polar surface area (TPSA) is 88.5 Å². The van der Waals surface area contributed by atoms with Gasteiger partial charge in [0.1, 0.15) is 6.54 Å². The van der Waals surface area contributed by atoms with Crippen molar-refractivity contribution in [3.05, 3.63) is 28.7 Å². The number of carbonyl (C=O) groups is 1. The number of aromatic nitrogens is 1. The largest absolute Gasteiger partial charge is 0.352 e. The predicted molar refractivity (Wildman–Crippen MR) is 97.9 cm³/mol. The fraction of sp³-hybridized carbons (Fsp3) is 0.647. The van der Waals surface area contributed by atoms with E-state index in [1.165, 1.54) is 32.8 Å². The van der Waals surface area contributed by atoms with Crippen LogP contribution in [-0.2, 0) is 21.4 Å². The lowest BCUT2D eigenvalue weighted by molar-refractivity contribution is -0.122. The molecule has 0 aromatic carbocycles. The first-order valence-electron chi connectivity index (χ1n) is 8.61. The van der Waals surface area contributed by atoms with Crippen molar-refractivity contribution in [3.63, 3.8) is 0 Å². The molecule has 142 valence electrons. The first-order chi connectivity index (χ1) is 11.7. The molecule has 1 N–H and O–H groups in total. The SMILES string of the molecule is CCCCCC[C@@H](C)NC(=O)Cn1cc(S(=O)(=O)N(C)C)ccc1=O. The van der Waals surface area contributed by atoms with E-state index in [0.717, 1.165) is 40.6 Å². The third-order valence-corrected chi connectivity index (χ3v) is 5.75. The van der Waals surface area contributed by atoms with Gasteiger partial charge in [0, 0.05) is 32.4 Å². The number of pyridine rings is 1. The van der Waals surface area contributed by atoms with E-state index in [1.54, 1.807) is 0 Å². The summed E-state index contributed by atoms with van der Waals surface area (Å²) < 4.78 is 26.5. The van der Waals surface area contributed by atoms with Gasteiger partial charge in [0.2, 0.25) is 15.9 Å². The maximum atomic E-state index is 12.1. The highest BCUT2D eigenvalue weighted by Gasteiger charge is 2.19. The minimum absolute atomic E-state index is 0.0162. The Morgan fingerprint density at radius 3 is 2.52 bits per heavy atom. The van der Waals surface area contributed by atoms with Crippen molar-refractivity contribution in [2.24, 2.45) is 0 Å². The predicted octanol–water partition coefficient (Wildman–Crippen LogP) is 1.57. The Kier molecular flexibility index (Phi) is 8.31. The monoisotopic (exact) mass is 371 g/mol. The molecule has 0 radical (unpaired) electrons. The molecule has 0 saturated heterocycles. The molecular formula is C17H29N3O4S. The molecule has 1 atom stereocenters. The van der Waals surface area contributed by atoms with Crippen LogP contribution in [0.4, 0.5) is 0 Å². The summed E-state index contributed by atoms with van der Waals surface area (Å²) >= 11 is 0. The second-order valence-corrected chi connectivity index (χ2v) is 8.59. The van der Waals surface area contributed by atoms with Crippen molar-refractivity contribution in [2.75, 3.05) is 14.1 Å². The average molecular weight is 372 g/mol. The second-order valence-electron chi connectivity index (χ2n) is 6.44. The van der Waals surface area contributed by atoms with E-state index in [1.807, 2.05) is 6.92 Å². The van der Waals surface area contributed by atoms with Crippen LogP contribution >= 0.6 is 0 Å². The van der Waals surface area contributed by atoms with Gasteiger partial charge in [0.25, 0.3) is 5.56 Å².